The molecule has 1 heterocycles. The zero-order valence-electron chi connectivity index (χ0n) is 10.6. The van der Waals surface area contributed by atoms with Gasteiger partial charge in [0.1, 0.15) is 13.1 Å². The van der Waals surface area contributed by atoms with E-state index in [4.69, 9.17) is 16.7 Å². The van der Waals surface area contributed by atoms with Crippen molar-refractivity contribution in [3.8, 4) is 0 Å². The van der Waals surface area contributed by atoms with E-state index in [9.17, 15) is 19.2 Å². The maximum atomic E-state index is 12.0. The highest BCUT2D eigenvalue weighted by atomic mass is 35.5. The van der Waals surface area contributed by atoms with Gasteiger partial charge in [-0.1, -0.05) is 11.6 Å². The number of amides is 4. The van der Waals surface area contributed by atoms with Crippen molar-refractivity contribution in [2.24, 2.45) is 0 Å². The van der Waals surface area contributed by atoms with Gasteiger partial charge >= 0.3 is 12.0 Å². The maximum absolute atomic E-state index is 12.0. The van der Waals surface area contributed by atoms with Crippen molar-refractivity contribution in [2.45, 2.75) is 0 Å². The van der Waals surface area contributed by atoms with Crippen LogP contribution in [0.15, 0.2) is 18.2 Å². The van der Waals surface area contributed by atoms with Gasteiger partial charge in [-0.05, 0) is 18.2 Å². The molecule has 0 aliphatic carbocycles. The molecule has 8 nitrogen and oxygen atoms in total. The van der Waals surface area contributed by atoms with Crippen molar-refractivity contribution in [3.63, 3.8) is 0 Å². The highest BCUT2D eigenvalue weighted by Crippen LogP contribution is 2.21. The largest absolute Gasteiger partial charge is 0.478 e. The number of hydrogen-bond acceptors (Lipinski definition) is 4. The van der Waals surface area contributed by atoms with Crippen molar-refractivity contribution in [1.29, 1.82) is 0 Å². The number of nitrogens with zero attached hydrogens (tertiary/aromatic N) is 1. The molecular formula is C12H10ClN3O5. The Morgan fingerprint density at radius 3 is 2.43 bits per heavy atom. The number of hydrogen-bond donors (Lipinski definition) is 3. The van der Waals surface area contributed by atoms with Gasteiger partial charge in [-0.3, -0.25) is 14.9 Å². The minimum Gasteiger partial charge on any atom is -0.478 e. The van der Waals surface area contributed by atoms with E-state index in [1.165, 1.54) is 18.2 Å². The summed E-state index contributed by atoms with van der Waals surface area (Å²) in [7, 11) is 0. The second kappa shape index (κ2) is 5.80. The van der Waals surface area contributed by atoms with E-state index < -0.39 is 23.8 Å². The topological polar surface area (TPSA) is 116 Å². The molecular weight excluding hydrogens is 302 g/mol. The Hall–Kier alpha value is -2.61. The summed E-state index contributed by atoms with van der Waals surface area (Å²) in [5.41, 5.74) is -0.168. The number of rotatable bonds is 2. The molecule has 1 aromatic carbocycles. The number of carbonyl (C=O) groups is 4. The van der Waals surface area contributed by atoms with E-state index >= 15 is 0 Å². The summed E-state index contributed by atoms with van der Waals surface area (Å²) in [6.45, 7) is -0.582. The van der Waals surface area contributed by atoms with Crippen molar-refractivity contribution in [1.82, 2.24) is 10.2 Å². The number of carboxylic acids is 1. The van der Waals surface area contributed by atoms with Gasteiger partial charge in [-0.25, -0.2) is 9.59 Å². The molecule has 1 saturated heterocycles. The Morgan fingerprint density at radius 2 is 1.86 bits per heavy atom. The third kappa shape index (κ3) is 3.48. The number of piperazine rings is 1. The van der Waals surface area contributed by atoms with Crippen LogP contribution >= 0.6 is 11.6 Å². The monoisotopic (exact) mass is 311 g/mol. The van der Waals surface area contributed by atoms with Crippen molar-refractivity contribution in [3.05, 3.63) is 28.8 Å². The van der Waals surface area contributed by atoms with Gasteiger partial charge in [-0.15, -0.1) is 0 Å². The molecule has 0 atom stereocenters. The molecule has 0 spiro atoms. The Kier molecular flexibility index (Phi) is 4.08. The Balaban J connectivity index is 2.19. The quantitative estimate of drug-likeness (QED) is 0.689. The van der Waals surface area contributed by atoms with Crippen LogP contribution in [0.3, 0.4) is 0 Å². The van der Waals surface area contributed by atoms with Gasteiger partial charge in [0, 0.05) is 5.02 Å². The first-order valence-corrected chi connectivity index (χ1v) is 6.16. The lowest BCUT2D eigenvalue weighted by atomic mass is 10.2. The minimum atomic E-state index is -1.24. The average molecular weight is 312 g/mol. The van der Waals surface area contributed by atoms with Crippen LogP contribution in [0.4, 0.5) is 10.5 Å². The van der Waals surface area contributed by atoms with Gasteiger partial charge in [-0.2, -0.15) is 0 Å². The third-order valence-corrected chi connectivity index (χ3v) is 2.92. The van der Waals surface area contributed by atoms with E-state index in [0.29, 0.717) is 0 Å². The van der Waals surface area contributed by atoms with E-state index in [0.717, 1.165) is 4.90 Å². The van der Waals surface area contributed by atoms with Gasteiger partial charge in [0.2, 0.25) is 11.8 Å². The highest BCUT2D eigenvalue weighted by molar-refractivity contribution is 6.31. The summed E-state index contributed by atoms with van der Waals surface area (Å²) in [6.07, 6.45) is 0. The molecule has 21 heavy (non-hydrogen) atoms. The minimum absolute atomic E-state index is 0.0153. The molecule has 1 aromatic rings. The normalized spacial score (nSPS) is 14.6. The molecule has 1 aliphatic rings. The van der Waals surface area contributed by atoms with Crippen LogP contribution in [-0.2, 0) is 9.59 Å². The van der Waals surface area contributed by atoms with E-state index in [1.807, 2.05) is 0 Å². The Morgan fingerprint density at radius 1 is 1.24 bits per heavy atom. The van der Waals surface area contributed by atoms with Crippen molar-refractivity contribution >= 4 is 41.1 Å². The zero-order valence-corrected chi connectivity index (χ0v) is 11.3. The number of benzene rings is 1. The fraction of sp³-hybridized carbons (Fsp3) is 0.167. The van der Waals surface area contributed by atoms with Crippen LogP contribution in [0, 0.1) is 0 Å². The van der Waals surface area contributed by atoms with Crippen LogP contribution in [0.5, 0.6) is 0 Å². The standard InChI is InChI=1S/C12H10ClN3O5/c13-6-1-2-7(11(19)20)8(3-6)14-12(21)16-4-9(17)15-10(18)5-16/h1-3H,4-5H2,(H,14,21)(H,19,20)(H,15,17,18). The summed E-state index contributed by atoms with van der Waals surface area (Å²) in [6, 6.07) is 3.13. The van der Waals surface area contributed by atoms with Crippen molar-refractivity contribution < 1.29 is 24.3 Å². The SMILES string of the molecule is O=C1CN(C(=O)Nc2cc(Cl)ccc2C(=O)O)CC(=O)N1. The van der Waals surface area contributed by atoms with Crippen LogP contribution in [0.1, 0.15) is 10.4 Å². The average Bonchev–Trinajstić information content (AvgIpc) is 2.37. The molecule has 0 radical (unpaired) electrons. The second-order valence-corrected chi connectivity index (χ2v) is 4.69. The predicted octanol–water partition coefficient (Wildman–Crippen LogP) is 0.529. The number of carbonyl (C=O) groups excluding carboxylic acids is 3. The van der Waals surface area contributed by atoms with E-state index in [-0.39, 0.29) is 29.4 Å². The molecule has 2 rings (SSSR count). The van der Waals surface area contributed by atoms with Crippen LogP contribution < -0.4 is 10.6 Å². The number of halogens is 1. The summed E-state index contributed by atoms with van der Waals surface area (Å²) in [5, 5.41) is 13.7. The van der Waals surface area contributed by atoms with Crippen LogP contribution in [-0.4, -0.2) is 46.9 Å². The Labute approximate surface area is 123 Å². The predicted molar refractivity (Wildman–Crippen MR) is 72.2 cm³/mol. The van der Waals surface area contributed by atoms with Gasteiger partial charge in [0.25, 0.3) is 0 Å². The first-order valence-electron chi connectivity index (χ1n) is 5.78. The summed E-state index contributed by atoms with van der Waals surface area (Å²) >= 11 is 5.76. The number of nitrogens with one attached hydrogen (secondary N) is 2. The highest BCUT2D eigenvalue weighted by Gasteiger charge is 2.27. The second-order valence-electron chi connectivity index (χ2n) is 4.25. The molecule has 1 aliphatic heterocycles. The van der Waals surface area contributed by atoms with Gasteiger partial charge in [0.15, 0.2) is 0 Å². The van der Waals surface area contributed by atoms with Gasteiger partial charge < -0.3 is 15.3 Å². The molecule has 0 aromatic heterocycles. The zero-order chi connectivity index (χ0) is 15.6. The summed E-state index contributed by atoms with van der Waals surface area (Å²) in [4.78, 5) is 46.4. The first-order chi connectivity index (χ1) is 9.86. The molecule has 0 bridgehead atoms. The number of anilines is 1. The number of urea groups is 1. The molecule has 3 N–H and O–H groups in total. The lowest BCUT2D eigenvalue weighted by Crippen LogP contribution is -2.54. The molecule has 0 unspecified atom stereocenters. The fourth-order valence-electron chi connectivity index (χ4n) is 1.78. The van der Waals surface area contributed by atoms with Crippen molar-refractivity contribution in [2.75, 3.05) is 18.4 Å². The maximum Gasteiger partial charge on any atom is 0.337 e. The molecule has 1 fully saturated rings. The number of carboxylic acid groups (broad SMARTS) is 1. The summed E-state index contributed by atoms with van der Waals surface area (Å²) in [5.74, 6) is -2.45. The lowest BCUT2D eigenvalue weighted by molar-refractivity contribution is -0.134. The third-order valence-electron chi connectivity index (χ3n) is 2.69. The molecule has 0 saturated carbocycles. The van der Waals surface area contributed by atoms with Gasteiger partial charge in [0.05, 0.1) is 11.3 Å². The molecule has 4 amide bonds. The van der Waals surface area contributed by atoms with E-state index in [2.05, 4.69) is 10.6 Å². The lowest BCUT2D eigenvalue weighted by Gasteiger charge is -2.25. The van der Waals surface area contributed by atoms with E-state index in [1.54, 1.807) is 0 Å². The fourth-order valence-corrected chi connectivity index (χ4v) is 1.95. The summed E-state index contributed by atoms with van der Waals surface area (Å²) < 4.78 is 0. The first kappa shape index (κ1) is 14.8. The molecule has 110 valence electrons. The molecule has 9 heteroatoms. The smallest absolute Gasteiger partial charge is 0.337 e. The number of aromatic carboxylic acids is 1. The Bertz CT molecular complexity index is 630. The van der Waals surface area contributed by atoms with Crippen LogP contribution in [0.2, 0.25) is 5.02 Å². The number of imide groups is 1. The van der Waals surface area contributed by atoms with Crippen LogP contribution in [0.25, 0.3) is 0 Å².